The summed E-state index contributed by atoms with van der Waals surface area (Å²) in [6, 6.07) is 5.63. The van der Waals surface area contributed by atoms with Crippen molar-refractivity contribution in [2.24, 2.45) is 17.3 Å². The molecule has 0 bridgehead atoms. The van der Waals surface area contributed by atoms with E-state index in [0.29, 0.717) is 29.9 Å². The number of nitrogens with zero attached hydrogens (tertiary/aromatic N) is 1. The minimum absolute atomic E-state index is 0.00589. The van der Waals surface area contributed by atoms with Gasteiger partial charge in [0.25, 0.3) is 0 Å². The van der Waals surface area contributed by atoms with Crippen LogP contribution in [0, 0.1) is 17.3 Å². The van der Waals surface area contributed by atoms with E-state index >= 15 is 0 Å². The highest BCUT2D eigenvalue weighted by molar-refractivity contribution is 7.91. The van der Waals surface area contributed by atoms with Crippen LogP contribution in [0.5, 0.6) is 5.75 Å². The Morgan fingerprint density at radius 3 is 2.50 bits per heavy atom. The van der Waals surface area contributed by atoms with Gasteiger partial charge in [0, 0.05) is 12.5 Å². The van der Waals surface area contributed by atoms with E-state index < -0.39 is 40.5 Å². The first-order valence-electron chi connectivity index (χ1n) is 16.6. The van der Waals surface area contributed by atoms with Gasteiger partial charge in [0.2, 0.25) is 0 Å². The number of aryl methyl sites for hydroxylation is 1. The molecular weight excluding hydrogens is 601 g/mol. The van der Waals surface area contributed by atoms with Crippen LogP contribution in [0.4, 0.5) is 22.0 Å². The number of sulfone groups is 1. The first-order chi connectivity index (χ1) is 20.7. The summed E-state index contributed by atoms with van der Waals surface area (Å²) in [5.74, 6) is -3.75. The van der Waals surface area contributed by atoms with E-state index in [-0.39, 0.29) is 23.3 Å². The maximum atomic E-state index is 13.2. The fourth-order valence-corrected chi connectivity index (χ4v) is 11.1. The van der Waals surface area contributed by atoms with Crippen LogP contribution in [0.15, 0.2) is 18.2 Å². The average Bonchev–Trinajstić information content (AvgIpc) is 3.52. The van der Waals surface area contributed by atoms with Crippen molar-refractivity contribution in [3.05, 3.63) is 29.3 Å². The average molecular weight is 650 g/mol. The van der Waals surface area contributed by atoms with Crippen molar-refractivity contribution < 1.29 is 40.6 Å². The van der Waals surface area contributed by atoms with Gasteiger partial charge < -0.3 is 10.2 Å². The Kier molecular flexibility index (Phi) is 10.3. The van der Waals surface area contributed by atoms with Gasteiger partial charge in [0.1, 0.15) is 5.75 Å². The Labute approximate surface area is 258 Å². The van der Waals surface area contributed by atoms with Crippen LogP contribution in [-0.2, 0) is 16.3 Å². The summed E-state index contributed by atoms with van der Waals surface area (Å²) in [5, 5.41) is 21.2. The van der Waals surface area contributed by atoms with Crippen LogP contribution in [0.25, 0.3) is 0 Å². The Hall–Kier alpha value is -1.46. The summed E-state index contributed by atoms with van der Waals surface area (Å²) in [5.41, 5.74) is 2.67. The number of unbranched alkanes of at least 4 members (excludes halogenated alkanes) is 3. The fourth-order valence-electron chi connectivity index (χ4n) is 9.36. The number of phenolic OH excluding ortho intramolecular Hbond substituents is 1. The monoisotopic (exact) mass is 649 g/mol. The molecule has 1 heterocycles. The normalized spacial score (nSPS) is 31.1. The highest BCUT2D eigenvalue weighted by atomic mass is 32.2. The SMILES string of the molecule is O=S(=O)(CCCC(F)(F)C(F)(F)F)C[C@@H]1CCCN1CCCCCC[C@]12CC[C@@H]3c4ccc(O)cc4CC[C@H]3[C@@H]1CC[C@@H]2O. The Balaban J connectivity index is 1.05. The number of aliphatic hydroxyl groups excluding tert-OH is 1. The molecule has 5 nitrogen and oxygen atoms in total. The maximum absolute atomic E-state index is 13.2. The van der Waals surface area contributed by atoms with Crippen molar-refractivity contribution in [3.63, 3.8) is 0 Å². The van der Waals surface area contributed by atoms with Crippen molar-refractivity contribution in [1.29, 1.82) is 0 Å². The quantitative estimate of drug-likeness (QED) is 0.172. The fraction of sp³-hybridized carbons (Fsp3) is 0.818. The number of halogens is 5. The molecule has 11 heteroatoms. The smallest absolute Gasteiger partial charge is 0.453 e. The lowest BCUT2D eigenvalue weighted by atomic mass is 9.53. The van der Waals surface area contributed by atoms with E-state index in [1.54, 1.807) is 0 Å². The van der Waals surface area contributed by atoms with E-state index in [4.69, 9.17) is 0 Å². The lowest BCUT2D eigenvalue weighted by molar-refractivity contribution is -0.284. The topological polar surface area (TPSA) is 77.8 Å². The minimum atomic E-state index is -5.66. The molecule has 1 aromatic rings. The number of aromatic hydroxyl groups is 1. The lowest BCUT2D eigenvalue weighted by Crippen LogP contribution is -2.45. The first-order valence-corrected chi connectivity index (χ1v) is 18.4. The van der Waals surface area contributed by atoms with E-state index in [0.717, 1.165) is 90.1 Å². The summed E-state index contributed by atoms with van der Waals surface area (Å²) in [7, 11) is -3.74. The van der Waals surface area contributed by atoms with Gasteiger partial charge in [-0.05, 0) is 130 Å². The predicted octanol–water partition coefficient (Wildman–Crippen LogP) is 7.40. The number of hydrogen-bond acceptors (Lipinski definition) is 5. The van der Waals surface area contributed by atoms with Gasteiger partial charge in [-0.3, -0.25) is 4.90 Å². The van der Waals surface area contributed by atoms with Crippen LogP contribution in [0.3, 0.4) is 0 Å². The molecule has 2 saturated carbocycles. The molecule has 4 aliphatic rings. The molecule has 1 aromatic carbocycles. The number of benzene rings is 1. The van der Waals surface area contributed by atoms with E-state index in [9.17, 15) is 40.6 Å². The number of aliphatic hydroxyl groups is 1. The summed E-state index contributed by atoms with van der Waals surface area (Å²) < 4.78 is 88.6. The standard InChI is InChI=1S/C33H48F5NO4S/c34-32(35,33(36,37)38)16-6-20-44(42,43)22-24-7-5-19-39(24)18-4-2-1-3-15-31-17-14-27-26-11-9-25(40)21-23(26)8-10-28(27)29(31)12-13-30(31)41/h9,11,21,24,27-30,40-41H,1-8,10,12-20,22H2/t24-,27+,28+,29-,30-,31-/m0/s1. The molecule has 5 rings (SSSR count). The summed E-state index contributed by atoms with van der Waals surface area (Å²) in [6.07, 6.45) is 4.64. The zero-order chi connectivity index (χ0) is 31.8. The number of fused-ring (bicyclic) bond motifs is 5. The highest BCUT2D eigenvalue weighted by Crippen LogP contribution is 2.63. The summed E-state index contributed by atoms with van der Waals surface area (Å²) >= 11 is 0. The Bertz CT molecular complexity index is 1240. The van der Waals surface area contributed by atoms with E-state index in [1.165, 1.54) is 11.1 Å². The largest absolute Gasteiger partial charge is 0.508 e. The zero-order valence-electron chi connectivity index (χ0n) is 25.5. The lowest BCUT2D eigenvalue weighted by Gasteiger charge is -2.52. The number of likely N-dealkylation sites (tertiary alicyclic amines) is 1. The highest BCUT2D eigenvalue weighted by Gasteiger charge is 2.57. The molecule has 44 heavy (non-hydrogen) atoms. The molecule has 250 valence electrons. The molecule has 0 amide bonds. The van der Waals surface area contributed by atoms with Crippen molar-refractivity contribution in [1.82, 2.24) is 4.90 Å². The third-order valence-electron chi connectivity index (χ3n) is 11.5. The maximum Gasteiger partial charge on any atom is 0.453 e. The molecular formula is C33H48F5NO4S. The van der Waals surface area contributed by atoms with Crippen molar-refractivity contribution >= 4 is 9.84 Å². The molecule has 3 fully saturated rings. The second kappa shape index (κ2) is 13.3. The van der Waals surface area contributed by atoms with Gasteiger partial charge in [0.15, 0.2) is 9.84 Å². The van der Waals surface area contributed by atoms with Crippen molar-refractivity contribution in [2.45, 2.75) is 126 Å². The van der Waals surface area contributed by atoms with Crippen LogP contribution < -0.4 is 0 Å². The zero-order valence-corrected chi connectivity index (χ0v) is 26.3. The number of hydrogen-bond donors (Lipinski definition) is 2. The van der Waals surface area contributed by atoms with Crippen LogP contribution in [-0.4, -0.2) is 72.4 Å². The van der Waals surface area contributed by atoms with Gasteiger partial charge in [0.05, 0.1) is 17.6 Å². The third kappa shape index (κ3) is 7.24. The van der Waals surface area contributed by atoms with Gasteiger partial charge in [-0.1, -0.05) is 25.3 Å². The molecule has 1 saturated heterocycles. The second-order valence-corrected chi connectivity index (χ2v) is 16.3. The minimum Gasteiger partial charge on any atom is -0.508 e. The number of rotatable bonds is 13. The van der Waals surface area contributed by atoms with Gasteiger partial charge in [-0.2, -0.15) is 22.0 Å². The van der Waals surface area contributed by atoms with E-state index in [1.807, 2.05) is 12.1 Å². The van der Waals surface area contributed by atoms with Crippen molar-refractivity contribution in [2.75, 3.05) is 24.6 Å². The van der Waals surface area contributed by atoms with Crippen molar-refractivity contribution in [3.8, 4) is 5.75 Å². The van der Waals surface area contributed by atoms with Crippen LogP contribution in [0.2, 0.25) is 0 Å². The molecule has 0 spiro atoms. The summed E-state index contributed by atoms with van der Waals surface area (Å²) in [6.45, 7) is 1.52. The molecule has 2 N–H and O–H groups in total. The predicted molar refractivity (Wildman–Crippen MR) is 160 cm³/mol. The number of alkyl halides is 5. The van der Waals surface area contributed by atoms with E-state index in [2.05, 4.69) is 11.0 Å². The van der Waals surface area contributed by atoms with Crippen LogP contribution >= 0.6 is 0 Å². The molecule has 3 aliphatic carbocycles. The van der Waals surface area contributed by atoms with Gasteiger partial charge >= 0.3 is 12.1 Å². The molecule has 0 unspecified atom stereocenters. The molecule has 6 atom stereocenters. The molecule has 0 aromatic heterocycles. The first kappa shape index (κ1) is 33.9. The van der Waals surface area contributed by atoms with Gasteiger partial charge in [-0.25, -0.2) is 8.42 Å². The van der Waals surface area contributed by atoms with Crippen LogP contribution in [0.1, 0.15) is 107 Å². The Morgan fingerprint density at radius 2 is 1.73 bits per heavy atom. The third-order valence-corrected chi connectivity index (χ3v) is 13.3. The number of phenols is 1. The second-order valence-electron chi connectivity index (χ2n) is 14.1. The molecule has 1 aliphatic heterocycles. The van der Waals surface area contributed by atoms with Gasteiger partial charge in [-0.15, -0.1) is 0 Å². The summed E-state index contributed by atoms with van der Waals surface area (Å²) in [4.78, 5) is 2.14. The molecule has 0 radical (unpaired) electrons. The Morgan fingerprint density at radius 1 is 0.955 bits per heavy atom.